The fourth-order valence-electron chi connectivity index (χ4n) is 2.56. The number of nitrogens with zero attached hydrogens (tertiary/aromatic N) is 2. The number of methoxy groups -OCH3 is 2. The molecule has 0 spiro atoms. The molecule has 0 saturated carbocycles. The van der Waals surface area contributed by atoms with Gasteiger partial charge in [0.1, 0.15) is 5.75 Å². The van der Waals surface area contributed by atoms with E-state index in [1.807, 2.05) is 43.3 Å². The van der Waals surface area contributed by atoms with E-state index in [1.54, 1.807) is 6.07 Å². The van der Waals surface area contributed by atoms with Crippen molar-refractivity contribution in [1.29, 1.82) is 0 Å². The number of carbonyl (C=O) groups excluding carboxylic acids is 1. The molecule has 1 aromatic heterocycles. The average molecular weight is 350 g/mol. The van der Waals surface area contributed by atoms with E-state index in [0.29, 0.717) is 23.1 Å². The smallest absolute Gasteiger partial charge is 0.328 e. The number of aryl methyl sites for hydroxylation is 1. The Morgan fingerprint density at radius 2 is 1.62 bits per heavy atom. The lowest BCUT2D eigenvalue weighted by molar-refractivity contribution is 0.112. The van der Waals surface area contributed by atoms with Gasteiger partial charge in [0.2, 0.25) is 11.8 Å². The first kappa shape index (κ1) is 17.4. The first-order valence-corrected chi connectivity index (χ1v) is 7.94. The number of ether oxygens (including phenoxy) is 3. The molecule has 0 aliphatic rings. The Balaban J connectivity index is 2.04. The first-order chi connectivity index (χ1) is 12.6. The monoisotopic (exact) mass is 350 g/mol. The Bertz CT molecular complexity index is 919. The molecule has 1 heterocycles. The molecule has 6 nitrogen and oxygen atoms in total. The van der Waals surface area contributed by atoms with Crippen molar-refractivity contribution in [3.63, 3.8) is 0 Å². The molecule has 0 aliphatic heterocycles. The van der Waals surface area contributed by atoms with Crippen molar-refractivity contribution in [3.8, 4) is 34.6 Å². The molecule has 0 fully saturated rings. The summed E-state index contributed by atoms with van der Waals surface area (Å²) in [5.41, 5.74) is 3.23. The van der Waals surface area contributed by atoms with Crippen LogP contribution in [-0.2, 0) is 0 Å². The molecule has 0 radical (unpaired) electrons. The fraction of sp³-hybridized carbons (Fsp3) is 0.150. The lowest BCUT2D eigenvalue weighted by Gasteiger charge is -2.12. The summed E-state index contributed by atoms with van der Waals surface area (Å²) in [6.07, 6.45) is 0.768. The van der Waals surface area contributed by atoms with Crippen molar-refractivity contribution in [2.75, 3.05) is 14.2 Å². The zero-order valence-electron chi connectivity index (χ0n) is 14.7. The van der Waals surface area contributed by atoms with Crippen LogP contribution in [0.5, 0.6) is 23.5 Å². The molecule has 0 atom stereocenters. The maximum Gasteiger partial charge on any atom is 0.328 e. The summed E-state index contributed by atoms with van der Waals surface area (Å²) in [6.45, 7) is 2.00. The molecule has 3 rings (SSSR count). The van der Waals surface area contributed by atoms with E-state index in [4.69, 9.17) is 14.2 Å². The Morgan fingerprint density at radius 1 is 0.923 bits per heavy atom. The minimum Gasteiger partial charge on any atom is -0.481 e. The van der Waals surface area contributed by atoms with Crippen LogP contribution in [0.1, 0.15) is 15.9 Å². The predicted molar refractivity (Wildman–Crippen MR) is 97.2 cm³/mol. The van der Waals surface area contributed by atoms with Crippen LogP contribution >= 0.6 is 0 Å². The van der Waals surface area contributed by atoms with Gasteiger partial charge in [-0.1, -0.05) is 42.0 Å². The molecule has 132 valence electrons. The molecular weight excluding hydrogens is 332 g/mol. The Kier molecular flexibility index (Phi) is 5.12. The van der Waals surface area contributed by atoms with E-state index >= 15 is 0 Å². The van der Waals surface area contributed by atoms with Crippen LogP contribution in [0.25, 0.3) is 11.1 Å². The molecule has 0 aliphatic carbocycles. The Hall–Kier alpha value is -3.41. The highest BCUT2D eigenvalue weighted by atomic mass is 16.5. The highest BCUT2D eigenvalue weighted by Crippen LogP contribution is 2.32. The van der Waals surface area contributed by atoms with Gasteiger partial charge in [0.25, 0.3) is 0 Å². The molecule has 0 N–H and O–H groups in total. The van der Waals surface area contributed by atoms with Crippen molar-refractivity contribution in [3.05, 3.63) is 59.7 Å². The Morgan fingerprint density at radius 3 is 2.23 bits per heavy atom. The Labute approximate surface area is 151 Å². The third-order valence-electron chi connectivity index (χ3n) is 3.79. The third-order valence-corrected chi connectivity index (χ3v) is 3.79. The first-order valence-electron chi connectivity index (χ1n) is 7.94. The number of aromatic nitrogens is 2. The molecular formula is C20H18N2O4. The summed E-state index contributed by atoms with van der Waals surface area (Å²) in [6, 6.07) is 14.9. The largest absolute Gasteiger partial charge is 0.481 e. The maximum absolute atomic E-state index is 11.8. The van der Waals surface area contributed by atoms with E-state index < -0.39 is 0 Å². The van der Waals surface area contributed by atoms with Gasteiger partial charge in [-0.2, -0.15) is 9.97 Å². The van der Waals surface area contributed by atoms with Crippen molar-refractivity contribution < 1.29 is 19.0 Å². The van der Waals surface area contributed by atoms with Gasteiger partial charge < -0.3 is 14.2 Å². The number of carbonyl (C=O) groups is 1. The molecule has 0 saturated heterocycles. The lowest BCUT2D eigenvalue weighted by Crippen LogP contribution is -2.00. The van der Waals surface area contributed by atoms with E-state index in [1.165, 1.54) is 20.3 Å². The second-order valence-corrected chi connectivity index (χ2v) is 5.54. The minimum atomic E-state index is 0.0330. The van der Waals surface area contributed by atoms with Gasteiger partial charge in [0, 0.05) is 0 Å². The summed E-state index contributed by atoms with van der Waals surface area (Å²) < 4.78 is 16.0. The highest BCUT2D eigenvalue weighted by Gasteiger charge is 2.14. The van der Waals surface area contributed by atoms with E-state index in [-0.39, 0.29) is 6.01 Å². The summed E-state index contributed by atoms with van der Waals surface area (Å²) in [5, 5.41) is 0. The highest BCUT2D eigenvalue weighted by molar-refractivity contribution is 5.91. The summed E-state index contributed by atoms with van der Waals surface area (Å²) >= 11 is 0. The van der Waals surface area contributed by atoms with Crippen LogP contribution in [-0.4, -0.2) is 30.5 Å². The number of benzene rings is 2. The van der Waals surface area contributed by atoms with Gasteiger partial charge in [0.15, 0.2) is 6.29 Å². The van der Waals surface area contributed by atoms with Crippen molar-refractivity contribution in [1.82, 2.24) is 9.97 Å². The maximum atomic E-state index is 11.8. The third kappa shape index (κ3) is 3.64. The number of hydrogen-bond acceptors (Lipinski definition) is 6. The van der Waals surface area contributed by atoms with E-state index in [9.17, 15) is 4.79 Å². The van der Waals surface area contributed by atoms with Crippen molar-refractivity contribution in [2.24, 2.45) is 0 Å². The van der Waals surface area contributed by atoms with Gasteiger partial charge in [-0.05, 0) is 24.1 Å². The molecule has 26 heavy (non-hydrogen) atoms. The van der Waals surface area contributed by atoms with Crippen molar-refractivity contribution in [2.45, 2.75) is 6.92 Å². The fourth-order valence-corrected chi connectivity index (χ4v) is 2.56. The SMILES string of the molecule is COc1cc(OC)nc(Oc2cccc(-c3cccc(C)c3)c2C=O)n1. The van der Waals surface area contributed by atoms with Crippen LogP contribution in [0.15, 0.2) is 48.5 Å². The van der Waals surface area contributed by atoms with Crippen LogP contribution in [0, 0.1) is 6.92 Å². The topological polar surface area (TPSA) is 70.5 Å². The van der Waals surface area contributed by atoms with Crippen LogP contribution in [0.4, 0.5) is 0 Å². The minimum absolute atomic E-state index is 0.0330. The molecule has 0 amide bonds. The second kappa shape index (κ2) is 7.65. The average Bonchev–Trinajstić information content (AvgIpc) is 2.67. The van der Waals surface area contributed by atoms with Gasteiger partial charge in [-0.25, -0.2) is 0 Å². The zero-order chi connectivity index (χ0) is 18.5. The number of aldehydes is 1. The number of rotatable bonds is 6. The molecule has 3 aromatic rings. The van der Waals surface area contributed by atoms with Gasteiger partial charge in [0.05, 0.1) is 25.8 Å². The molecule has 6 heteroatoms. The molecule has 0 unspecified atom stereocenters. The van der Waals surface area contributed by atoms with Gasteiger partial charge in [-0.15, -0.1) is 0 Å². The van der Waals surface area contributed by atoms with Gasteiger partial charge in [-0.3, -0.25) is 4.79 Å². The second-order valence-electron chi connectivity index (χ2n) is 5.54. The predicted octanol–water partition coefficient (Wildman–Crippen LogP) is 4.07. The molecule has 2 aromatic carbocycles. The van der Waals surface area contributed by atoms with Gasteiger partial charge >= 0.3 is 6.01 Å². The van der Waals surface area contributed by atoms with Crippen LogP contribution in [0.2, 0.25) is 0 Å². The standard InChI is InChI=1S/C20H18N2O4/c1-13-6-4-7-14(10-13)15-8-5-9-17(16(15)12-23)26-20-21-18(24-2)11-19(22-20)25-3/h4-12H,1-3H3. The zero-order valence-corrected chi connectivity index (χ0v) is 14.7. The van der Waals surface area contributed by atoms with E-state index in [0.717, 1.165) is 23.0 Å². The molecule has 0 bridgehead atoms. The summed E-state index contributed by atoms with van der Waals surface area (Å²) in [7, 11) is 2.97. The lowest BCUT2D eigenvalue weighted by atomic mass is 9.98. The quantitative estimate of drug-likeness (QED) is 0.624. The van der Waals surface area contributed by atoms with Crippen molar-refractivity contribution >= 4 is 6.29 Å². The normalized spacial score (nSPS) is 10.3. The van der Waals surface area contributed by atoms with E-state index in [2.05, 4.69) is 9.97 Å². The van der Waals surface area contributed by atoms with Crippen LogP contribution < -0.4 is 14.2 Å². The summed E-state index contributed by atoms with van der Waals surface area (Å²) in [5.74, 6) is 0.956. The number of hydrogen-bond donors (Lipinski definition) is 0. The summed E-state index contributed by atoms with van der Waals surface area (Å²) in [4.78, 5) is 20.0. The van der Waals surface area contributed by atoms with Crippen LogP contribution in [0.3, 0.4) is 0 Å².